The average Bonchev–Trinajstić information content (AvgIpc) is 2.56. The number of hydrogen-bond donors (Lipinski definition) is 5. The van der Waals surface area contributed by atoms with Crippen molar-refractivity contribution in [2.75, 3.05) is 19.6 Å². The Balaban J connectivity index is 4.31. The molecule has 0 saturated heterocycles. The van der Waals surface area contributed by atoms with E-state index in [1.807, 2.05) is 0 Å². The third-order valence-corrected chi connectivity index (χ3v) is 4.19. The maximum absolute atomic E-state index is 12.4. The zero-order valence-corrected chi connectivity index (χ0v) is 15.8. The first kappa shape index (κ1) is 23.8. The molecule has 150 valence electrons. The predicted octanol–water partition coefficient (Wildman–Crippen LogP) is -0.869. The molecule has 0 aromatic rings. The molecule has 0 aromatic carbocycles. The molecule has 0 rings (SSSR count). The van der Waals surface area contributed by atoms with Crippen molar-refractivity contribution >= 4 is 23.6 Å². The molecule has 9 nitrogen and oxygen atoms in total. The smallest absolute Gasteiger partial charge is 0.233 e. The highest BCUT2D eigenvalue weighted by atomic mass is 16.2. The fourth-order valence-electron chi connectivity index (χ4n) is 2.44. The van der Waals surface area contributed by atoms with Gasteiger partial charge < -0.3 is 27.8 Å². The van der Waals surface area contributed by atoms with Crippen LogP contribution in [0.3, 0.4) is 0 Å². The fraction of sp³-hybridized carbons (Fsp3) is 0.765. The maximum Gasteiger partial charge on any atom is 0.233 e. The summed E-state index contributed by atoms with van der Waals surface area (Å²) >= 11 is 0. The van der Waals surface area contributed by atoms with Crippen LogP contribution in [0, 0.1) is 11.3 Å². The Morgan fingerprint density at radius 3 is 2.04 bits per heavy atom. The number of unbranched alkanes of at least 4 members (excludes halogenated alkanes) is 2. The number of nitrogens with one attached hydrogen (secondary N) is 2. The van der Waals surface area contributed by atoms with Crippen molar-refractivity contribution < 1.29 is 19.2 Å². The van der Waals surface area contributed by atoms with E-state index in [0.29, 0.717) is 13.1 Å². The van der Waals surface area contributed by atoms with Crippen molar-refractivity contribution in [3.05, 3.63) is 0 Å². The largest absolute Gasteiger partial charge is 0.370 e. The molecule has 0 aliphatic rings. The lowest BCUT2D eigenvalue weighted by atomic mass is 9.80. The van der Waals surface area contributed by atoms with Gasteiger partial charge in [0.05, 0.1) is 6.54 Å². The molecule has 9 heteroatoms. The molecule has 26 heavy (non-hydrogen) atoms. The van der Waals surface area contributed by atoms with E-state index in [1.165, 1.54) is 0 Å². The minimum absolute atomic E-state index is 0.0234. The van der Waals surface area contributed by atoms with Crippen LogP contribution in [0.5, 0.6) is 0 Å². The molecule has 0 aliphatic carbocycles. The summed E-state index contributed by atoms with van der Waals surface area (Å²) in [5.41, 5.74) is 14.9. The average molecular weight is 371 g/mol. The number of primary amides is 2. The maximum atomic E-state index is 12.4. The summed E-state index contributed by atoms with van der Waals surface area (Å²) in [4.78, 5) is 45.9. The van der Waals surface area contributed by atoms with Crippen molar-refractivity contribution in [2.45, 2.75) is 52.4 Å². The van der Waals surface area contributed by atoms with E-state index in [0.717, 1.165) is 19.3 Å². The van der Waals surface area contributed by atoms with Gasteiger partial charge in [-0.1, -0.05) is 13.8 Å². The predicted molar refractivity (Wildman–Crippen MR) is 98.4 cm³/mol. The Morgan fingerprint density at radius 2 is 1.54 bits per heavy atom. The summed E-state index contributed by atoms with van der Waals surface area (Å²) in [6, 6.07) is 0. The molecular weight excluding hydrogens is 338 g/mol. The van der Waals surface area contributed by atoms with Crippen molar-refractivity contribution in [2.24, 2.45) is 28.5 Å². The van der Waals surface area contributed by atoms with Crippen LogP contribution in [0.1, 0.15) is 52.4 Å². The molecule has 0 spiro atoms. The highest BCUT2D eigenvalue weighted by Crippen LogP contribution is 2.27. The zero-order valence-electron chi connectivity index (χ0n) is 15.8. The first-order chi connectivity index (χ1) is 12.1. The number of amides is 4. The van der Waals surface area contributed by atoms with E-state index in [2.05, 4.69) is 10.6 Å². The Kier molecular flexibility index (Phi) is 11.2. The van der Waals surface area contributed by atoms with Gasteiger partial charge in [-0.2, -0.15) is 0 Å². The van der Waals surface area contributed by atoms with Gasteiger partial charge in [-0.3, -0.25) is 19.2 Å². The second-order valence-corrected chi connectivity index (χ2v) is 7.06. The summed E-state index contributed by atoms with van der Waals surface area (Å²) in [6.07, 6.45) is 3.00. The van der Waals surface area contributed by atoms with E-state index in [-0.39, 0.29) is 37.6 Å². The molecule has 0 saturated carbocycles. The van der Waals surface area contributed by atoms with E-state index in [9.17, 15) is 19.2 Å². The fourth-order valence-corrected chi connectivity index (χ4v) is 2.44. The van der Waals surface area contributed by atoms with Crippen LogP contribution in [-0.2, 0) is 19.2 Å². The highest BCUT2D eigenvalue weighted by molar-refractivity contribution is 5.83. The molecule has 1 unspecified atom stereocenters. The molecule has 0 radical (unpaired) electrons. The summed E-state index contributed by atoms with van der Waals surface area (Å²) < 4.78 is 0. The molecule has 0 heterocycles. The second-order valence-electron chi connectivity index (χ2n) is 7.06. The third kappa shape index (κ3) is 10.7. The van der Waals surface area contributed by atoms with Crippen LogP contribution < -0.4 is 27.8 Å². The molecule has 1 atom stereocenters. The lowest BCUT2D eigenvalue weighted by molar-refractivity contribution is -0.130. The van der Waals surface area contributed by atoms with E-state index < -0.39 is 23.1 Å². The summed E-state index contributed by atoms with van der Waals surface area (Å²) in [5.74, 6) is -1.88. The molecule has 0 aromatic heterocycles. The molecule has 0 fully saturated rings. The summed E-state index contributed by atoms with van der Waals surface area (Å²) in [6.45, 7) is 4.36. The number of carbonyl (C=O) groups excluding carboxylic acids is 4. The van der Waals surface area contributed by atoms with Crippen molar-refractivity contribution in [3.63, 3.8) is 0 Å². The Hall–Kier alpha value is -2.16. The van der Waals surface area contributed by atoms with E-state index in [1.54, 1.807) is 13.8 Å². The first-order valence-corrected chi connectivity index (χ1v) is 8.93. The lowest BCUT2D eigenvalue weighted by Gasteiger charge is -2.26. The van der Waals surface area contributed by atoms with Gasteiger partial charge in [0, 0.05) is 30.8 Å². The quantitative estimate of drug-likeness (QED) is 0.249. The van der Waals surface area contributed by atoms with Crippen LogP contribution in [0.4, 0.5) is 0 Å². The lowest BCUT2D eigenvalue weighted by Crippen LogP contribution is -2.39. The minimum atomic E-state index is -0.846. The van der Waals surface area contributed by atoms with Crippen molar-refractivity contribution in [3.8, 4) is 0 Å². The Morgan fingerprint density at radius 1 is 0.962 bits per heavy atom. The van der Waals surface area contributed by atoms with Gasteiger partial charge in [0.25, 0.3) is 0 Å². The number of nitrogens with two attached hydrogens (primary N) is 3. The normalized spacial score (nSPS) is 12.3. The van der Waals surface area contributed by atoms with Crippen LogP contribution >= 0.6 is 0 Å². The molecule has 8 N–H and O–H groups in total. The number of hydrogen-bond acceptors (Lipinski definition) is 5. The SMILES string of the molecule is CC(C)(CC(CCC(N)=O)C(=O)NCCCCCNC(=O)CN)C(N)=O. The highest BCUT2D eigenvalue weighted by Gasteiger charge is 2.32. The molecule has 0 bridgehead atoms. The minimum Gasteiger partial charge on any atom is -0.370 e. The summed E-state index contributed by atoms with van der Waals surface area (Å²) in [5, 5.41) is 5.50. The van der Waals surface area contributed by atoms with Gasteiger partial charge in [0.1, 0.15) is 0 Å². The first-order valence-electron chi connectivity index (χ1n) is 8.93. The topological polar surface area (TPSA) is 170 Å². The standard InChI is InChI=1S/C17H33N5O4/c1-17(2,16(20)26)10-12(6-7-13(19)23)15(25)22-9-5-3-4-8-21-14(24)11-18/h12H,3-11,18H2,1-2H3,(H2,19,23)(H2,20,26)(H,21,24)(H,22,25). The van der Waals surface area contributed by atoms with Crippen LogP contribution in [-0.4, -0.2) is 43.3 Å². The van der Waals surface area contributed by atoms with Gasteiger partial charge in [0.2, 0.25) is 23.6 Å². The van der Waals surface area contributed by atoms with Gasteiger partial charge in [-0.05, 0) is 32.1 Å². The van der Waals surface area contributed by atoms with E-state index in [4.69, 9.17) is 17.2 Å². The van der Waals surface area contributed by atoms with Gasteiger partial charge in [-0.25, -0.2) is 0 Å². The van der Waals surface area contributed by atoms with Gasteiger partial charge >= 0.3 is 0 Å². The second kappa shape index (κ2) is 12.2. The van der Waals surface area contributed by atoms with E-state index >= 15 is 0 Å². The molecule has 4 amide bonds. The Bertz CT molecular complexity index is 494. The van der Waals surface area contributed by atoms with Gasteiger partial charge in [0.15, 0.2) is 0 Å². The number of rotatable bonds is 14. The summed E-state index contributed by atoms with van der Waals surface area (Å²) in [7, 11) is 0. The van der Waals surface area contributed by atoms with Crippen LogP contribution in [0.2, 0.25) is 0 Å². The number of carbonyl (C=O) groups is 4. The van der Waals surface area contributed by atoms with Gasteiger partial charge in [-0.15, -0.1) is 0 Å². The third-order valence-electron chi connectivity index (χ3n) is 4.19. The molecular formula is C17H33N5O4. The van der Waals surface area contributed by atoms with Crippen LogP contribution in [0.25, 0.3) is 0 Å². The molecule has 0 aliphatic heterocycles. The Labute approximate surface area is 154 Å². The van der Waals surface area contributed by atoms with Crippen molar-refractivity contribution in [1.29, 1.82) is 0 Å². The van der Waals surface area contributed by atoms with Crippen molar-refractivity contribution in [1.82, 2.24) is 10.6 Å². The van der Waals surface area contributed by atoms with Crippen LogP contribution in [0.15, 0.2) is 0 Å². The zero-order chi connectivity index (χ0) is 20.2. The monoisotopic (exact) mass is 371 g/mol.